The summed E-state index contributed by atoms with van der Waals surface area (Å²) in [6.45, 7) is 0. The highest BCUT2D eigenvalue weighted by molar-refractivity contribution is 7.90. The zero-order chi connectivity index (χ0) is 9.47. The maximum absolute atomic E-state index is 11.4. The fourth-order valence-electron chi connectivity index (χ4n) is 2.75. The van der Waals surface area contributed by atoms with E-state index in [1.54, 1.807) is 7.05 Å². The van der Waals surface area contributed by atoms with Crippen LogP contribution in [0.5, 0.6) is 0 Å². The lowest BCUT2D eigenvalue weighted by molar-refractivity contribution is 0.00396. The summed E-state index contributed by atoms with van der Waals surface area (Å²) in [6.07, 6.45) is 4.92. The number of hydrogen-bond acceptors (Lipinski definition) is 3. The van der Waals surface area contributed by atoms with Crippen molar-refractivity contribution in [1.29, 1.82) is 0 Å². The normalized spacial score (nSPS) is 45.5. The van der Waals surface area contributed by atoms with E-state index in [1.807, 2.05) is 7.05 Å². The molecule has 2 rings (SSSR count). The summed E-state index contributed by atoms with van der Waals surface area (Å²) >= 11 is -0.783. The number of rotatable bonds is 3. The molecule has 1 unspecified atom stereocenters. The summed E-state index contributed by atoms with van der Waals surface area (Å²) in [6, 6.07) is 0.726. The minimum atomic E-state index is -0.783. The van der Waals surface area contributed by atoms with Gasteiger partial charge in [-0.2, -0.15) is 0 Å². The van der Waals surface area contributed by atoms with Gasteiger partial charge in [-0.25, -0.2) is 0 Å². The fourth-order valence-corrected chi connectivity index (χ4v) is 4.09. The molecule has 2 aliphatic carbocycles. The molecule has 0 saturated heterocycles. The summed E-state index contributed by atoms with van der Waals surface area (Å²) < 4.78 is 14.2. The third-order valence-corrected chi connectivity index (χ3v) is 4.93. The molecule has 4 heteroatoms. The van der Waals surface area contributed by atoms with Gasteiger partial charge in [0.25, 0.3) is 0 Å². The lowest BCUT2D eigenvalue weighted by Crippen LogP contribution is -2.58. The SMILES string of the molecule is CNC1CC2(C1)CC([S+]([O-])NC)C2. The lowest BCUT2D eigenvalue weighted by atomic mass is 9.54. The molecule has 0 aromatic rings. The lowest BCUT2D eigenvalue weighted by Gasteiger charge is -2.56. The summed E-state index contributed by atoms with van der Waals surface area (Å²) in [5.41, 5.74) is 0.574. The summed E-state index contributed by atoms with van der Waals surface area (Å²) in [4.78, 5) is 0. The molecular formula is C9H18N2OS. The molecule has 2 aliphatic rings. The topological polar surface area (TPSA) is 47.1 Å². The third-order valence-electron chi connectivity index (χ3n) is 3.59. The van der Waals surface area contributed by atoms with Crippen LogP contribution in [-0.4, -0.2) is 29.9 Å². The predicted octanol–water partition coefficient (Wildman–Crippen LogP) is 0.400. The molecule has 1 spiro atoms. The van der Waals surface area contributed by atoms with Gasteiger partial charge < -0.3 is 9.87 Å². The monoisotopic (exact) mass is 202 g/mol. The molecule has 0 aliphatic heterocycles. The van der Waals surface area contributed by atoms with Gasteiger partial charge in [0.05, 0.1) is 0 Å². The van der Waals surface area contributed by atoms with Crippen LogP contribution < -0.4 is 10.0 Å². The molecule has 76 valence electrons. The van der Waals surface area contributed by atoms with Gasteiger partial charge in [0.2, 0.25) is 0 Å². The van der Waals surface area contributed by atoms with Crippen LogP contribution in [0.1, 0.15) is 25.7 Å². The van der Waals surface area contributed by atoms with Crippen molar-refractivity contribution in [3.8, 4) is 0 Å². The van der Waals surface area contributed by atoms with E-state index in [-0.39, 0.29) is 0 Å². The molecule has 0 amide bonds. The van der Waals surface area contributed by atoms with Crippen molar-refractivity contribution in [2.75, 3.05) is 14.1 Å². The first kappa shape index (κ1) is 9.77. The Balaban J connectivity index is 1.73. The second-order valence-electron chi connectivity index (χ2n) is 4.43. The average molecular weight is 202 g/mol. The van der Waals surface area contributed by atoms with Gasteiger partial charge in [0.15, 0.2) is 0 Å². The first-order valence-electron chi connectivity index (χ1n) is 4.94. The van der Waals surface area contributed by atoms with Gasteiger partial charge in [-0.05, 0) is 25.3 Å². The highest BCUT2D eigenvalue weighted by Crippen LogP contribution is 2.57. The molecule has 0 aromatic carbocycles. The van der Waals surface area contributed by atoms with Crippen molar-refractivity contribution in [1.82, 2.24) is 10.0 Å². The molecule has 2 fully saturated rings. The predicted molar refractivity (Wildman–Crippen MR) is 54.7 cm³/mol. The average Bonchev–Trinajstić information content (AvgIpc) is 1.99. The second kappa shape index (κ2) is 3.42. The van der Waals surface area contributed by atoms with E-state index in [2.05, 4.69) is 10.0 Å². The van der Waals surface area contributed by atoms with E-state index < -0.39 is 11.4 Å². The molecule has 0 heterocycles. The van der Waals surface area contributed by atoms with Crippen LogP contribution >= 0.6 is 0 Å². The first-order valence-corrected chi connectivity index (χ1v) is 6.16. The molecule has 1 atom stereocenters. The van der Waals surface area contributed by atoms with E-state index in [4.69, 9.17) is 0 Å². The van der Waals surface area contributed by atoms with E-state index >= 15 is 0 Å². The molecular weight excluding hydrogens is 184 g/mol. The first-order chi connectivity index (χ1) is 6.19. The number of nitrogens with one attached hydrogen (secondary N) is 2. The molecule has 3 nitrogen and oxygen atoms in total. The van der Waals surface area contributed by atoms with Gasteiger partial charge in [-0.1, -0.05) is 0 Å². The zero-order valence-corrected chi connectivity index (χ0v) is 9.12. The van der Waals surface area contributed by atoms with Crippen LogP contribution in [0.4, 0.5) is 0 Å². The van der Waals surface area contributed by atoms with Gasteiger partial charge in [-0.15, -0.1) is 4.72 Å². The maximum Gasteiger partial charge on any atom is 0.136 e. The van der Waals surface area contributed by atoms with E-state index in [1.165, 1.54) is 25.7 Å². The van der Waals surface area contributed by atoms with Gasteiger partial charge in [-0.3, -0.25) is 0 Å². The Labute approximate surface area is 83.0 Å². The van der Waals surface area contributed by atoms with Crippen molar-refractivity contribution in [3.05, 3.63) is 0 Å². The Kier molecular flexibility index (Phi) is 2.57. The summed E-state index contributed by atoms with van der Waals surface area (Å²) in [5, 5.41) is 3.71. The number of hydrogen-bond donors (Lipinski definition) is 2. The minimum Gasteiger partial charge on any atom is -0.598 e. The van der Waals surface area contributed by atoms with Crippen molar-refractivity contribution in [2.45, 2.75) is 37.0 Å². The highest BCUT2D eigenvalue weighted by atomic mass is 32.2. The molecule has 13 heavy (non-hydrogen) atoms. The molecule has 0 bridgehead atoms. The standard InChI is InChI=1S/C9H18N2OS/c1-10-7-3-9(4-7)5-8(6-9)13(12)11-2/h7-8,10-11H,3-6H2,1-2H3. The minimum absolute atomic E-state index is 0.419. The Hall–Kier alpha value is 0.230. The Morgan fingerprint density at radius 1 is 1.23 bits per heavy atom. The van der Waals surface area contributed by atoms with Crippen LogP contribution in [0.3, 0.4) is 0 Å². The van der Waals surface area contributed by atoms with E-state index in [9.17, 15) is 4.55 Å². The molecule has 0 radical (unpaired) electrons. The van der Waals surface area contributed by atoms with Gasteiger partial charge in [0.1, 0.15) is 5.25 Å². The second-order valence-corrected chi connectivity index (χ2v) is 6.10. The summed E-state index contributed by atoms with van der Waals surface area (Å²) in [7, 11) is 3.80. The molecule has 2 saturated carbocycles. The zero-order valence-electron chi connectivity index (χ0n) is 8.30. The Morgan fingerprint density at radius 3 is 2.31 bits per heavy atom. The Bertz CT molecular complexity index is 186. The van der Waals surface area contributed by atoms with Crippen molar-refractivity contribution in [2.24, 2.45) is 5.41 Å². The van der Waals surface area contributed by atoms with E-state index in [0.29, 0.717) is 10.7 Å². The quantitative estimate of drug-likeness (QED) is 0.651. The maximum atomic E-state index is 11.4. The van der Waals surface area contributed by atoms with E-state index in [0.717, 1.165) is 6.04 Å². The van der Waals surface area contributed by atoms with Crippen LogP contribution in [0.2, 0.25) is 0 Å². The molecule has 2 N–H and O–H groups in total. The fraction of sp³-hybridized carbons (Fsp3) is 1.00. The third kappa shape index (κ3) is 1.61. The Morgan fingerprint density at radius 2 is 1.85 bits per heavy atom. The van der Waals surface area contributed by atoms with Gasteiger partial charge in [0, 0.05) is 37.3 Å². The van der Waals surface area contributed by atoms with Crippen LogP contribution in [0, 0.1) is 5.41 Å². The van der Waals surface area contributed by atoms with Gasteiger partial charge >= 0.3 is 0 Å². The molecule has 0 aromatic heterocycles. The summed E-state index contributed by atoms with van der Waals surface area (Å²) in [5.74, 6) is 0. The van der Waals surface area contributed by atoms with Crippen molar-refractivity contribution >= 4 is 11.4 Å². The smallest absolute Gasteiger partial charge is 0.136 e. The highest BCUT2D eigenvalue weighted by Gasteiger charge is 2.56. The van der Waals surface area contributed by atoms with Crippen LogP contribution in [0.25, 0.3) is 0 Å². The van der Waals surface area contributed by atoms with Crippen molar-refractivity contribution in [3.63, 3.8) is 0 Å². The van der Waals surface area contributed by atoms with Crippen molar-refractivity contribution < 1.29 is 4.55 Å². The van der Waals surface area contributed by atoms with Crippen LogP contribution in [-0.2, 0) is 11.4 Å². The largest absolute Gasteiger partial charge is 0.598 e. The van der Waals surface area contributed by atoms with Crippen LogP contribution in [0.15, 0.2) is 0 Å².